The number of rotatable bonds is 30. The monoisotopic (exact) mass is 930 g/mol. The summed E-state index contributed by atoms with van der Waals surface area (Å²) in [5.74, 6) is -6.84. The summed E-state index contributed by atoms with van der Waals surface area (Å²) in [6.07, 6.45) is 2.86. The number of nitrogens with two attached hydrogens (primary N) is 5. The molecule has 0 aliphatic carbocycles. The molecule has 1 heterocycles. The molecule has 24 nitrogen and oxygen atoms in total. The highest BCUT2D eigenvalue weighted by Gasteiger charge is 2.34. The van der Waals surface area contributed by atoms with Crippen molar-refractivity contribution in [3.63, 3.8) is 0 Å². The predicted octanol–water partition coefficient (Wildman–Crippen LogP) is -4.00. The van der Waals surface area contributed by atoms with Gasteiger partial charge in [-0.3, -0.25) is 48.3 Å². The van der Waals surface area contributed by atoms with Crippen molar-refractivity contribution in [3.8, 4) is 0 Å². The Bertz CT molecular complexity index is 1820. The third-order valence-corrected chi connectivity index (χ3v) is 10.4. The van der Waals surface area contributed by atoms with Gasteiger partial charge in [-0.15, -0.1) is 0 Å². The van der Waals surface area contributed by atoms with E-state index in [4.69, 9.17) is 33.8 Å². The third kappa shape index (κ3) is 21.4. The molecular weight excluding hydrogens is 859 g/mol. The van der Waals surface area contributed by atoms with Crippen LogP contribution in [0.3, 0.4) is 0 Å². The third-order valence-electron chi connectivity index (χ3n) is 10.4. The average molecular weight is 930 g/mol. The number of nitrogens with one attached hydrogen (secondary N) is 8. The lowest BCUT2D eigenvalue weighted by atomic mass is 10.0. The molecule has 1 fully saturated rings. The maximum absolute atomic E-state index is 14.2. The molecule has 2 rings (SSSR count). The molecule has 1 aromatic carbocycles. The second kappa shape index (κ2) is 29.8. The van der Waals surface area contributed by atoms with Crippen LogP contribution < -0.4 is 71.2 Å². The first-order valence-corrected chi connectivity index (χ1v) is 22.2. The average Bonchev–Trinajstić information content (AvgIpc) is 3.81. The van der Waals surface area contributed by atoms with Gasteiger partial charge in [-0.1, -0.05) is 44.2 Å². The van der Waals surface area contributed by atoms with Crippen LogP contribution in [0.2, 0.25) is 0 Å². The number of benzene rings is 1. The summed E-state index contributed by atoms with van der Waals surface area (Å²) in [6, 6.07) is 0.978. The second-order valence-corrected chi connectivity index (χ2v) is 16.3. The Labute approximate surface area is 385 Å². The van der Waals surface area contributed by atoms with E-state index in [1.165, 1.54) is 6.92 Å². The molecule has 368 valence electrons. The number of carbonyl (C=O) groups excluding carboxylic acids is 7. The van der Waals surface area contributed by atoms with Gasteiger partial charge < -0.3 is 76.3 Å². The van der Waals surface area contributed by atoms with E-state index in [-0.39, 0.29) is 75.4 Å². The molecule has 0 bridgehead atoms. The summed E-state index contributed by atoms with van der Waals surface area (Å²) >= 11 is 0. The van der Waals surface area contributed by atoms with E-state index in [1.54, 1.807) is 44.2 Å². The highest BCUT2D eigenvalue weighted by atomic mass is 16.4. The molecule has 1 aromatic rings. The smallest absolute Gasteiger partial charge is 0.322 e. The highest BCUT2D eigenvalue weighted by Crippen LogP contribution is 2.11. The fraction of sp³-hybridized carbons (Fsp3) is 0.619. The van der Waals surface area contributed by atoms with E-state index in [9.17, 15) is 38.4 Å². The summed E-state index contributed by atoms with van der Waals surface area (Å²) in [5, 5.41) is 30.5. The number of unbranched alkanes of at least 4 members (excludes halogenated alkanes) is 1. The van der Waals surface area contributed by atoms with Gasteiger partial charge in [-0.25, -0.2) is 0 Å². The molecule has 0 saturated carbocycles. The quantitative estimate of drug-likeness (QED) is 0.0199. The number of aliphatic imine (C=N–C) groups is 2. The number of carboxylic acid groups (broad SMARTS) is 1. The fourth-order valence-corrected chi connectivity index (χ4v) is 6.83. The molecular formula is C42H71N15O9. The summed E-state index contributed by atoms with van der Waals surface area (Å²) in [4.78, 5) is 114. The van der Waals surface area contributed by atoms with Gasteiger partial charge >= 0.3 is 5.97 Å². The summed E-state index contributed by atoms with van der Waals surface area (Å²) in [7, 11) is 0. The Morgan fingerprint density at radius 2 is 1.18 bits per heavy atom. The van der Waals surface area contributed by atoms with Crippen LogP contribution in [0.25, 0.3) is 0 Å². The Morgan fingerprint density at radius 3 is 1.67 bits per heavy atom. The zero-order chi connectivity index (χ0) is 49.2. The molecule has 0 spiro atoms. The van der Waals surface area contributed by atoms with Crippen LogP contribution >= 0.6 is 0 Å². The van der Waals surface area contributed by atoms with Gasteiger partial charge in [0.25, 0.3) is 0 Å². The molecule has 0 unspecified atom stereocenters. The minimum atomic E-state index is -1.32. The van der Waals surface area contributed by atoms with Gasteiger partial charge in [0.2, 0.25) is 41.4 Å². The van der Waals surface area contributed by atoms with Gasteiger partial charge in [-0.05, 0) is 89.3 Å². The number of hydrogen-bond donors (Lipinski definition) is 14. The van der Waals surface area contributed by atoms with E-state index in [0.29, 0.717) is 37.9 Å². The van der Waals surface area contributed by atoms with Crippen molar-refractivity contribution in [2.45, 2.75) is 127 Å². The highest BCUT2D eigenvalue weighted by molar-refractivity contribution is 5.97. The van der Waals surface area contributed by atoms with Crippen LogP contribution in [0, 0.1) is 5.92 Å². The van der Waals surface area contributed by atoms with Crippen molar-refractivity contribution in [1.82, 2.24) is 42.5 Å². The zero-order valence-corrected chi connectivity index (χ0v) is 38.1. The molecule has 7 atom stereocenters. The standard InChI is InChI=1S/C42H71N15O9/c1-24(2)33(57-36(62)27-15-9-19-48-27)40(66)55-28(14-7-8-18-43)38(64)54-30(17-11-21-50-42(46)47)39(65)53-29(16-10-20-49-41(44)45)37(63)52-25(3)34(60)56-31(35(61)51-23-32(58)59)22-26-12-5-4-6-13-26/h4-6,12-13,24-25,27-31,33,48H,7-11,14-23,43H2,1-3H3,(H,51,61)(H,52,63)(H,53,65)(H,54,64)(H,55,66)(H,56,60)(H,57,62)(H,58,59)(H4,44,45,49)(H4,46,47,50)/t25-,27-,28-,29-,30-,31-,33-/m0/s1. The van der Waals surface area contributed by atoms with Crippen LogP contribution in [0.5, 0.6) is 0 Å². The van der Waals surface area contributed by atoms with Crippen molar-refractivity contribution in [1.29, 1.82) is 0 Å². The molecule has 0 aromatic heterocycles. The molecule has 7 amide bonds. The number of hydrogen-bond acceptors (Lipinski definition) is 12. The number of aliphatic carboxylic acids is 1. The van der Waals surface area contributed by atoms with Crippen LogP contribution in [0.15, 0.2) is 40.3 Å². The van der Waals surface area contributed by atoms with E-state index in [0.717, 1.165) is 6.42 Å². The van der Waals surface area contributed by atoms with Crippen molar-refractivity contribution in [3.05, 3.63) is 35.9 Å². The van der Waals surface area contributed by atoms with Gasteiger partial charge in [0, 0.05) is 19.5 Å². The molecule has 19 N–H and O–H groups in total. The lowest BCUT2D eigenvalue weighted by molar-refractivity contribution is -0.138. The molecule has 1 aliphatic heterocycles. The lowest BCUT2D eigenvalue weighted by Gasteiger charge is -2.28. The molecule has 1 aliphatic rings. The molecule has 0 radical (unpaired) electrons. The second-order valence-electron chi connectivity index (χ2n) is 16.3. The first kappa shape index (κ1) is 55.6. The van der Waals surface area contributed by atoms with Crippen molar-refractivity contribution in [2.75, 3.05) is 32.7 Å². The Kier molecular flexibility index (Phi) is 25.1. The number of amides is 7. The first-order chi connectivity index (χ1) is 31.3. The van der Waals surface area contributed by atoms with E-state index in [2.05, 4.69) is 52.5 Å². The number of carboxylic acids is 1. The van der Waals surface area contributed by atoms with Crippen LogP contribution in [-0.4, -0.2) is 139 Å². The van der Waals surface area contributed by atoms with Crippen LogP contribution in [-0.2, 0) is 44.8 Å². The fourth-order valence-electron chi connectivity index (χ4n) is 6.83. The zero-order valence-electron chi connectivity index (χ0n) is 38.1. The first-order valence-electron chi connectivity index (χ1n) is 22.2. The van der Waals surface area contributed by atoms with Gasteiger partial charge in [0.1, 0.15) is 42.8 Å². The minimum absolute atomic E-state index is 0.00300. The Balaban J connectivity index is 2.36. The normalized spacial score (nSPS) is 15.9. The number of carbonyl (C=O) groups is 8. The van der Waals surface area contributed by atoms with E-state index < -0.39 is 90.3 Å². The van der Waals surface area contributed by atoms with E-state index in [1.807, 2.05) is 0 Å². The number of nitrogens with zero attached hydrogens (tertiary/aromatic N) is 2. The van der Waals surface area contributed by atoms with Crippen molar-refractivity contribution in [2.24, 2.45) is 44.6 Å². The summed E-state index contributed by atoms with van der Waals surface area (Å²) in [5.41, 5.74) is 28.4. The Morgan fingerprint density at radius 1 is 0.667 bits per heavy atom. The van der Waals surface area contributed by atoms with Gasteiger partial charge in [0.05, 0.1) is 6.04 Å². The van der Waals surface area contributed by atoms with Gasteiger partial charge in [0.15, 0.2) is 11.9 Å². The molecule has 24 heteroatoms. The molecule has 66 heavy (non-hydrogen) atoms. The summed E-state index contributed by atoms with van der Waals surface area (Å²) in [6.45, 7) is 5.33. The van der Waals surface area contributed by atoms with Crippen molar-refractivity contribution < 1.29 is 43.5 Å². The van der Waals surface area contributed by atoms with Crippen LogP contribution in [0.4, 0.5) is 0 Å². The maximum atomic E-state index is 14.2. The molecule has 1 saturated heterocycles. The topological polar surface area (TPSA) is 408 Å². The maximum Gasteiger partial charge on any atom is 0.322 e. The van der Waals surface area contributed by atoms with E-state index >= 15 is 0 Å². The SMILES string of the molecule is CC(C)[C@H](NC(=O)[C@@H]1CCCN1)C(=O)N[C@@H](CCCCN)C(=O)N[C@@H](CCCN=C(N)N)C(=O)N[C@@H](CCCN=C(N)N)C(=O)N[C@@H](C)C(=O)N[C@@H](Cc1ccccc1)C(=O)NCC(=O)O. The largest absolute Gasteiger partial charge is 0.480 e. The van der Waals surface area contributed by atoms with Crippen LogP contribution in [0.1, 0.15) is 84.1 Å². The lowest BCUT2D eigenvalue weighted by Crippen LogP contribution is -2.60. The predicted molar refractivity (Wildman–Crippen MR) is 247 cm³/mol. The van der Waals surface area contributed by atoms with Crippen molar-refractivity contribution >= 4 is 59.2 Å². The Hall–Kier alpha value is -6.56. The minimum Gasteiger partial charge on any atom is -0.480 e. The number of guanidine groups is 2. The summed E-state index contributed by atoms with van der Waals surface area (Å²) < 4.78 is 0. The van der Waals surface area contributed by atoms with Gasteiger partial charge in [-0.2, -0.15) is 0 Å².